The van der Waals surface area contributed by atoms with Crippen LogP contribution in [0.15, 0.2) is 0 Å². The summed E-state index contributed by atoms with van der Waals surface area (Å²) in [6, 6.07) is 0. The monoisotopic (exact) mass is 279 g/mol. The van der Waals surface area contributed by atoms with Crippen molar-refractivity contribution in [3.05, 3.63) is 0 Å². The van der Waals surface area contributed by atoms with E-state index in [1.807, 2.05) is 0 Å². The van der Waals surface area contributed by atoms with Crippen molar-refractivity contribution < 1.29 is 32.7 Å². The molecule has 0 saturated carbocycles. The van der Waals surface area contributed by atoms with E-state index in [9.17, 15) is 9.13 Å². The quantitative estimate of drug-likeness (QED) is 0.258. The molecule has 1 unspecified atom stereocenters. The summed E-state index contributed by atoms with van der Waals surface area (Å²) in [5.74, 6) is 4.13. The van der Waals surface area contributed by atoms with Crippen molar-refractivity contribution in [1.29, 1.82) is 0 Å². The number of phosphoric acid groups is 2. The SMILES string of the molecule is C1CNCCN1.NOP(=O)(O)OP(=O)(O)O. The highest BCUT2D eigenvalue weighted by atomic mass is 31.3. The summed E-state index contributed by atoms with van der Waals surface area (Å²) in [5.41, 5.74) is 0. The zero-order valence-corrected chi connectivity index (χ0v) is 10.1. The Hall–Kier alpha value is 0.140. The molecule has 0 bridgehead atoms. The van der Waals surface area contributed by atoms with E-state index in [0.29, 0.717) is 0 Å². The van der Waals surface area contributed by atoms with Crippen molar-refractivity contribution in [2.24, 2.45) is 5.90 Å². The highest BCUT2D eigenvalue weighted by molar-refractivity contribution is 7.60. The van der Waals surface area contributed by atoms with Gasteiger partial charge in [-0.25, -0.2) is 19.7 Å². The van der Waals surface area contributed by atoms with Crippen LogP contribution in [0.4, 0.5) is 0 Å². The van der Waals surface area contributed by atoms with Crippen molar-refractivity contribution in [1.82, 2.24) is 10.6 Å². The zero-order chi connectivity index (χ0) is 12.7. The lowest BCUT2D eigenvalue weighted by Crippen LogP contribution is -2.39. The van der Waals surface area contributed by atoms with Crippen molar-refractivity contribution in [3.8, 4) is 0 Å². The average Bonchev–Trinajstić information content (AvgIpc) is 2.18. The van der Waals surface area contributed by atoms with Gasteiger partial charge in [0.25, 0.3) is 0 Å². The van der Waals surface area contributed by atoms with Crippen LogP contribution >= 0.6 is 15.6 Å². The second-order valence-electron chi connectivity index (χ2n) is 2.65. The normalized spacial score (nSPS) is 20.5. The fourth-order valence-corrected chi connectivity index (χ4v) is 1.99. The van der Waals surface area contributed by atoms with Gasteiger partial charge in [0.15, 0.2) is 0 Å². The van der Waals surface area contributed by atoms with Crippen molar-refractivity contribution in [3.63, 3.8) is 0 Å². The molecule has 10 nitrogen and oxygen atoms in total. The summed E-state index contributed by atoms with van der Waals surface area (Å²) in [6.07, 6.45) is 0. The Morgan fingerprint density at radius 2 is 1.38 bits per heavy atom. The Labute approximate surface area is 91.9 Å². The number of nitrogens with two attached hydrogens (primary N) is 1. The van der Waals surface area contributed by atoms with E-state index in [1.165, 1.54) is 0 Å². The van der Waals surface area contributed by atoms with Crippen LogP contribution in [0.5, 0.6) is 0 Å². The molecule has 98 valence electrons. The molecule has 0 aliphatic carbocycles. The molecule has 12 heteroatoms. The first-order valence-corrected chi connectivity index (χ1v) is 7.19. The Bertz CT molecular complexity index is 265. The van der Waals surface area contributed by atoms with Gasteiger partial charge in [0.05, 0.1) is 0 Å². The van der Waals surface area contributed by atoms with Gasteiger partial charge in [-0.3, -0.25) is 0 Å². The maximum atomic E-state index is 10.1. The summed E-state index contributed by atoms with van der Waals surface area (Å²) in [4.78, 5) is 24.0. The lowest BCUT2D eigenvalue weighted by atomic mass is 10.4. The number of rotatable bonds is 3. The molecule has 0 aromatic rings. The minimum absolute atomic E-state index is 1.14. The summed E-state index contributed by atoms with van der Waals surface area (Å²) in [5, 5.41) is 6.44. The molecule has 1 aliphatic rings. The number of hydrogen-bond donors (Lipinski definition) is 6. The van der Waals surface area contributed by atoms with Gasteiger partial charge >= 0.3 is 15.6 Å². The van der Waals surface area contributed by atoms with E-state index in [0.717, 1.165) is 26.2 Å². The topological polar surface area (TPSA) is 163 Å². The lowest BCUT2D eigenvalue weighted by Gasteiger charge is -2.11. The first-order valence-electron chi connectivity index (χ1n) is 4.16. The molecule has 16 heavy (non-hydrogen) atoms. The van der Waals surface area contributed by atoms with Crippen LogP contribution in [0.2, 0.25) is 0 Å². The fraction of sp³-hybridized carbons (Fsp3) is 1.00. The lowest BCUT2D eigenvalue weighted by molar-refractivity contribution is 0.181. The van der Waals surface area contributed by atoms with Gasteiger partial charge in [0, 0.05) is 26.2 Å². The average molecular weight is 279 g/mol. The van der Waals surface area contributed by atoms with E-state index in [1.54, 1.807) is 0 Å². The van der Waals surface area contributed by atoms with Crippen LogP contribution in [0.3, 0.4) is 0 Å². The summed E-state index contributed by atoms with van der Waals surface area (Å²) < 4.78 is 26.3. The number of nitrogens with one attached hydrogen (secondary N) is 2. The molecule has 1 aliphatic heterocycles. The van der Waals surface area contributed by atoms with Gasteiger partial charge in [0.2, 0.25) is 0 Å². The third-order valence-electron chi connectivity index (χ3n) is 1.30. The van der Waals surface area contributed by atoms with Gasteiger partial charge in [-0.1, -0.05) is 0 Å². The largest absolute Gasteiger partial charge is 0.497 e. The van der Waals surface area contributed by atoms with Crippen LogP contribution in [-0.2, 0) is 18.1 Å². The van der Waals surface area contributed by atoms with Crippen LogP contribution in [0, 0.1) is 0 Å². The third kappa shape index (κ3) is 10.7. The minimum Gasteiger partial charge on any atom is -0.314 e. The molecule has 1 atom stereocenters. The van der Waals surface area contributed by atoms with Gasteiger partial charge in [-0.2, -0.15) is 4.31 Å². The van der Waals surface area contributed by atoms with Gasteiger partial charge < -0.3 is 25.3 Å². The molecule has 0 spiro atoms. The number of hydrogen-bond acceptors (Lipinski definition) is 7. The highest BCUT2D eigenvalue weighted by Crippen LogP contribution is 2.56. The van der Waals surface area contributed by atoms with E-state index in [2.05, 4.69) is 25.5 Å². The molecule has 0 aromatic heterocycles. The molecule has 0 aromatic carbocycles. The van der Waals surface area contributed by atoms with E-state index in [4.69, 9.17) is 14.7 Å². The predicted molar refractivity (Wildman–Crippen MR) is 54.0 cm³/mol. The van der Waals surface area contributed by atoms with E-state index >= 15 is 0 Å². The molecular weight excluding hydrogens is 264 g/mol. The smallest absolute Gasteiger partial charge is 0.314 e. The second-order valence-corrected chi connectivity index (χ2v) is 5.43. The van der Waals surface area contributed by atoms with Gasteiger partial charge in [-0.05, 0) is 0 Å². The van der Waals surface area contributed by atoms with Crippen molar-refractivity contribution >= 4 is 15.6 Å². The fourth-order valence-electron chi connectivity index (χ4n) is 0.757. The third-order valence-corrected chi connectivity index (χ3v) is 3.24. The van der Waals surface area contributed by atoms with Crippen LogP contribution < -0.4 is 16.5 Å². The Morgan fingerprint density at radius 3 is 1.50 bits per heavy atom. The molecule has 1 heterocycles. The Morgan fingerprint density at radius 1 is 1.00 bits per heavy atom. The summed E-state index contributed by atoms with van der Waals surface area (Å²) in [6.45, 7) is 4.56. The van der Waals surface area contributed by atoms with Gasteiger partial charge in [-0.15, -0.1) is 0 Å². The first kappa shape index (κ1) is 16.1. The molecule has 1 rings (SSSR count). The van der Waals surface area contributed by atoms with E-state index < -0.39 is 15.6 Å². The molecule has 1 saturated heterocycles. The predicted octanol–water partition coefficient (Wildman–Crippen LogP) is -1.73. The van der Waals surface area contributed by atoms with Crippen LogP contribution in [0.25, 0.3) is 0 Å². The van der Waals surface area contributed by atoms with Gasteiger partial charge in [0.1, 0.15) is 0 Å². The van der Waals surface area contributed by atoms with Crippen LogP contribution in [-0.4, -0.2) is 40.9 Å². The van der Waals surface area contributed by atoms with Crippen molar-refractivity contribution in [2.45, 2.75) is 0 Å². The van der Waals surface area contributed by atoms with E-state index in [-0.39, 0.29) is 0 Å². The molecule has 0 amide bonds. The highest BCUT2D eigenvalue weighted by Gasteiger charge is 2.31. The maximum Gasteiger partial charge on any atom is 0.497 e. The standard InChI is InChI=1S/C4H10N2.H5NO7P2/c1-2-6-4-3-5-1;1-7-10(5,6)8-9(2,3)4/h5-6H,1-4H2;1H2,(H,5,6)(H2,2,3,4). The maximum absolute atomic E-state index is 10.1. The second kappa shape index (κ2) is 7.46. The minimum atomic E-state index is -5.02. The zero-order valence-electron chi connectivity index (χ0n) is 8.27. The Balaban J connectivity index is 0.000000315. The number of piperazine rings is 1. The summed E-state index contributed by atoms with van der Waals surface area (Å²) >= 11 is 0. The van der Waals surface area contributed by atoms with Crippen molar-refractivity contribution in [2.75, 3.05) is 26.2 Å². The summed E-state index contributed by atoms with van der Waals surface area (Å²) in [7, 11) is -9.80. The first-order chi connectivity index (χ1) is 7.27. The molecule has 7 N–H and O–H groups in total. The molecule has 1 fully saturated rings. The molecule has 0 radical (unpaired) electrons. The van der Waals surface area contributed by atoms with Crippen LogP contribution in [0.1, 0.15) is 0 Å². The Kier molecular flexibility index (Phi) is 7.53. The molecular formula is C4H15N3O7P2.